The fraction of sp³-hybridized carbons (Fsp3) is 0.0500. The number of rotatable bonds is 4. The standard InChI is InChI=1S/C20H14ClN3O2S/c1-11-23-19(26-16-8-7-13(21)9-14(16)18(22)25)17-15(10-27-20(17)24-11)12-5-3-2-4-6-12/h2-10H,1H3,(H2,22,25). The number of carbonyl (C=O) groups is 1. The quantitative estimate of drug-likeness (QED) is 0.514. The Hall–Kier alpha value is -2.96. The van der Waals surface area contributed by atoms with Gasteiger partial charge in [0.1, 0.15) is 16.4 Å². The van der Waals surface area contributed by atoms with Crippen molar-refractivity contribution in [3.05, 3.63) is 70.3 Å². The Bertz CT molecular complexity index is 1160. The molecule has 0 radical (unpaired) electrons. The minimum Gasteiger partial charge on any atom is -0.437 e. The zero-order chi connectivity index (χ0) is 19.0. The largest absolute Gasteiger partial charge is 0.437 e. The number of aryl methyl sites for hydroxylation is 1. The molecule has 27 heavy (non-hydrogen) atoms. The van der Waals surface area contributed by atoms with E-state index in [0.29, 0.717) is 22.5 Å². The van der Waals surface area contributed by atoms with Gasteiger partial charge in [0.15, 0.2) is 0 Å². The molecule has 0 atom stereocenters. The molecule has 2 aromatic carbocycles. The summed E-state index contributed by atoms with van der Waals surface area (Å²) in [5, 5.41) is 3.22. The molecule has 0 saturated carbocycles. The monoisotopic (exact) mass is 395 g/mol. The van der Waals surface area contributed by atoms with E-state index in [2.05, 4.69) is 9.97 Å². The molecule has 7 heteroatoms. The second-order valence-corrected chi connectivity index (χ2v) is 7.17. The molecule has 0 aliphatic heterocycles. The highest BCUT2D eigenvalue weighted by Gasteiger charge is 2.18. The van der Waals surface area contributed by atoms with Crippen LogP contribution >= 0.6 is 22.9 Å². The van der Waals surface area contributed by atoms with Gasteiger partial charge in [0, 0.05) is 16.0 Å². The molecule has 2 N–H and O–H groups in total. The number of nitrogens with zero attached hydrogens (tertiary/aromatic N) is 2. The number of hydrogen-bond acceptors (Lipinski definition) is 5. The Kier molecular flexibility index (Phi) is 4.51. The zero-order valence-corrected chi connectivity index (χ0v) is 15.8. The van der Waals surface area contributed by atoms with Gasteiger partial charge in [-0.2, -0.15) is 4.98 Å². The van der Waals surface area contributed by atoms with Crippen molar-refractivity contribution in [3.8, 4) is 22.8 Å². The first-order valence-corrected chi connectivity index (χ1v) is 9.37. The van der Waals surface area contributed by atoms with Gasteiger partial charge in [0.05, 0.1) is 10.9 Å². The van der Waals surface area contributed by atoms with Gasteiger partial charge in [-0.3, -0.25) is 4.79 Å². The highest BCUT2D eigenvalue weighted by atomic mass is 35.5. The molecular weight excluding hydrogens is 382 g/mol. The first-order chi connectivity index (χ1) is 13.0. The summed E-state index contributed by atoms with van der Waals surface area (Å²) in [7, 11) is 0. The number of primary amides is 1. The average molecular weight is 396 g/mol. The summed E-state index contributed by atoms with van der Waals surface area (Å²) in [6.07, 6.45) is 0. The summed E-state index contributed by atoms with van der Waals surface area (Å²) in [4.78, 5) is 21.6. The van der Waals surface area contributed by atoms with Crippen molar-refractivity contribution in [1.82, 2.24) is 9.97 Å². The van der Waals surface area contributed by atoms with Crippen LogP contribution in [0.25, 0.3) is 21.3 Å². The topological polar surface area (TPSA) is 78.1 Å². The summed E-state index contributed by atoms with van der Waals surface area (Å²) in [5.41, 5.74) is 7.68. The molecule has 2 heterocycles. The molecule has 0 saturated heterocycles. The number of hydrogen-bond donors (Lipinski definition) is 1. The number of benzene rings is 2. The highest BCUT2D eigenvalue weighted by molar-refractivity contribution is 7.17. The van der Waals surface area contributed by atoms with Crippen molar-refractivity contribution in [3.63, 3.8) is 0 Å². The Labute approximate surface area is 164 Å². The van der Waals surface area contributed by atoms with Crippen molar-refractivity contribution in [1.29, 1.82) is 0 Å². The maximum atomic E-state index is 11.8. The fourth-order valence-electron chi connectivity index (χ4n) is 2.80. The van der Waals surface area contributed by atoms with E-state index < -0.39 is 5.91 Å². The normalized spacial score (nSPS) is 10.9. The van der Waals surface area contributed by atoms with Crippen molar-refractivity contribution in [2.24, 2.45) is 5.73 Å². The van der Waals surface area contributed by atoms with Crippen molar-refractivity contribution < 1.29 is 9.53 Å². The SMILES string of the molecule is Cc1nc(Oc2ccc(Cl)cc2C(N)=O)c2c(-c3ccccc3)csc2n1. The maximum absolute atomic E-state index is 11.8. The van der Waals surface area contributed by atoms with Crippen molar-refractivity contribution in [2.75, 3.05) is 0 Å². The Balaban J connectivity index is 1.90. The summed E-state index contributed by atoms with van der Waals surface area (Å²) in [5.74, 6) is 0.635. The molecule has 4 aromatic rings. The third-order valence-electron chi connectivity index (χ3n) is 4.01. The Morgan fingerprint density at radius 2 is 1.93 bits per heavy atom. The second kappa shape index (κ2) is 6.98. The number of halogens is 1. The van der Waals surface area contributed by atoms with E-state index in [1.54, 1.807) is 19.1 Å². The van der Waals surface area contributed by atoms with E-state index in [1.165, 1.54) is 17.4 Å². The molecule has 4 rings (SSSR count). The van der Waals surface area contributed by atoms with Crippen LogP contribution in [-0.2, 0) is 0 Å². The number of carbonyl (C=O) groups excluding carboxylic acids is 1. The molecule has 0 aliphatic rings. The molecule has 0 aliphatic carbocycles. The van der Waals surface area contributed by atoms with E-state index in [1.807, 2.05) is 35.7 Å². The molecule has 1 amide bonds. The maximum Gasteiger partial charge on any atom is 0.252 e. The molecular formula is C20H14ClN3O2S. The van der Waals surface area contributed by atoms with Crippen LogP contribution in [0.2, 0.25) is 5.02 Å². The summed E-state index contributed by atoms with van der Waals surface area (Å²) in [6.45, 7) is 1.80. The zero-order valence-electron chi connectivity index (χ0n) is 14.3. The van der Waals surface area contributed by atoms with Crippen LogP contribution < -0.4 is 10.5 Å². The number of thiophene rings is 1. The predicted octanol–water partition coefficient (Wildman–Crippen LogP) is 5.21. The Morgan fingerprint density at radius 3 is 2.67 bits per heavy atom. The van der Waals surface area contributed by atoms with Gasteiger partial charge in [0.2, 0.25) is 5.88 Å². The highest BCUT2D eigenvalue weighted by Crippen LogP contribution is 2.40. The van der Waals surface area contributed by atoms with Crippen LogP contribution in [0.3, 0.4) is 0 Å². The first-order valence-electron chi connectivity index (χ1n) is 8.11. The van der Waals surface area contributed by atoms with Crippen LogP contribution in [0.1, 0.15) is 16.2 Å². The van der Waals surface area contributed by atoms with E-state index in [0.717, 1.165) is 21.3 Å². The number of aromatic nitrogens is 2. The van der Waals surface area contributed by atoms with Gasteiger partial charge in [-0.15, -0.1) is 11.3 Å². The number of fused-ring (bicyclic) bond motifs is 1. The van der Waals surface area contributed by atoms with Gasteiger partial charge in [-0.05, 0) is 30.7 Å². The van der Waals surface area contributed by atoms with Crippen LogP contribution in [-0.4, -0.2) is 15.9 Å². The molecule has 0 bridgehead atoms. The van der Waals surface area contributed by atoms with Gasteiger partial charge >= 0.3 is 0 Å². The summed E-state index contributed by atoms with van der Waals surface area (Å²) < 4.78 is 6.04. The minimum absolute atomic E-state index is 0.198. The molecule has 0 spiro atoms. The van der Waals surface area contributed by atoms with Gasteiger partial charge in [-0.25, -0.2) is 4.98 Å². The molecule has 0 unspecified atom stereocenters. The molecule has 2 aromatic heterocycles. The van der Waals surface area contributed by atoms with Gasteiger partial charge in [0.25, 0.3) is 5.91 Å². The van der Waals surface area contributed by atoms with Gasteiger partial charge in [-0.1, -0.05) is 41.9 Å². The number of nitrogens with two attached hydrogens (primary N) is 1. The van der Waals surface area contributed by atoms with Crippen molar-refractivity contribution >= 4 is 39.1 Å². The smallest absolute Gasteiger partial charge is 0.252 e. The van der Waals surface area contributed by atoms with Gasteiger partial charge < -0.3 is 10.5 Å². The van der Waals surface area contributed by atoms with E-state index in [-0.39, 0.29) is 5.56 Å². The van der Waals surface area contributed by atoms with E-state index in [9.17, 15) is 4.79 Å². The van der Waals surface area contributed by atoms with E-state index >= 15 is 0 Å². The van der Waals surface area contributed by atoms with Crippen molar-refractivity contribution in [2.45, 2.75) is 6.92 Å². The van der Waals surface area contributed by atoms with Crippen LogP contribution in [0.15, 0.2) is 53.9 Å². The molecule has 5 nitrogen and oxygen atoms in total. The van der Waals surface area contributed by atoms with Crippen LogP contribution in [0.4, 0.5) is 0 Å². The second-order valence-electron chi connectivity index (χ2n) is 5.88. The lowest BCUT2D eigenvalue weighted by atomic mass is 10.1. The number of ether oxygens (including phenoxy) is 1. The van der Waals surface area contributed by atoms with Crippen LogP contribution in [0.5, 0.6) is 11.6 Å². The molecule has 134 valence electrons. The fourth-order valence-corrected chi connectivity index (χ4v) is 3.96. The minimum atomic E-state index is -0.622. The lowest BCUT2D eigenvalue weighted by molar-refractivity contribution is 0.0998. The lowest BCUT2D eigenvalue weighted by Crippen LogP contribution is -2.12. The Morgan fingerprint density at radius 1 is 1.15 bits per heavy atom. The molecule has 0 fully saturated rings. The third kappa shape index (κ3) is 3.37. The third-order valence-corrected chi connectivity index (χ3v) is 5.12. The first kappa shape index (κ1) is 17.5. The lowest BCUT2D eigenvalue weighted by Gasteiger charge is -2.11. The van der Waals surface area contributed by atoms with E-state index in [4.69, 9.17) is 22.1 Å². The summed E-state index contributed by atoms with van der Waals surface area (Å²) >= 11 is 7.50. The number of amides is 1. The van der Waals surface area contributed by atoms with Crippen LogP contribution in [0, 0.1) is 6.92 Å². The average Bonchev–Trinajstić information content (AvgIpc) is 3.07. The summed E-state index contributed by atoms with van der Waals surface area (Å²) in [6, 6.07) is 14.7. The predicted molar refractivity (Wildman–Crippen MR) is 108 cm³/mol.